The number of fused-ring (bicyclic) bond motifs is 3. The van der Waals surface area contributed by atoms with E-state index in [4.69, 9.17) is 11.6 Å². The lowest BCUT2D eigenvalue weighted by Crippen LogP contribution is -2.33. The summed E-state index contributed by atoms with van der Waals surface area (Å²) in [6.45, 7) is 7.51. The Hall–Kier alpha value is -1.52. The molecule has 0 radical (unpaired) electrons. The van der Waals surface area contributed by atoms with E-state index in [1.807, 2.05) is 24.1 Å². The molecule has 0 spiro atoms. The van der Waals surface area contributed by atoms with Crippen molar-refractivity contribution in [3.63, 3.8) is 0 Å². The zero-order valence-corrected chi connectivity index (χ0v) is 16.4. The number of rotatable bonds is 5. The number of hydrogen-bond acceptors (Lipinski definition) is 2. The van der Waals surface area contributed by atoms with Crippen LogP contribution in [0.2, 0.25) is 5.02 Å². The quantitative estimate of drug-likeness (QED) is 0.810. The van der Waals surface area contributed by atoms with Crippen molar-refractivity contribution in [3.8, 4) is 0 Å². The lowest BCUT2D eigenvalue weighted by atomic mass is 10.0. The van der Waals surface area contributed by atoms with E-state index >= 15 is 0 Å². The minimum atomic E-state index is 0.170. The van der Waals surface area contributed by atoms with Gasteiger partial charge in [0.1, 0.15) is 6.54 Å². The molecule has 1 aromatic carbocycles. The molecule has 3 rings (SSSR count). The molecular weight excluding hydrogens is 334 g/mol. The number of likely N-dealkylation sites (N-methyl/N-ethyl adjacent to an activating group) is 2. The fourth-order valence-corrected chi connectivity index (χ4v) is 3.73. The molecule has 136 valence electrons. The molecule has 5 heteroatoms. The summed E-state index contributed by atoms with van der Waals surface area (Å²) < 4.78 is 2.20. The summed E-state index contributed by atoms with van der Waals surface area (Å²) in [5.41, 5.74) is 3.74. The van der Waals surface area contributed by atoms with Crippen LogP contribution in [0.3, 0.4) is 0 Å². The molecule has 0 fully saturated rings. The fourth-order valence-electron chi connectivity index (χ4n) is 3.56. The molecule has 1 aromatic heterocycles. The molecule has 0 N–H and O–H groups in total. The monoisotopic (exact) mass is 361 g/mol. The highest BCUT2D eigenvalue weighted by Gasteiger charge is 2.24. The Bertz CT molecular complexity index is 781. The molecule has 2 heterocycles. The third kappa shape index (κ3) is 3.85. The molecule has 25 heavy (non-hydrogen) atoms. The summed E-state index contributed by atoms with van der Waals surface area (Å²) in [5, 5.41) is 1.96. The highest BCUT2D eigenvalue weighted by Crippen LogP contribution is 2.32. The van der Waals surface area contributed by atoms with Crippen molar-refractivity contribution in [2.24, 2.45) is 5.92 Å². The summed E-state index contributed by atoms with van der Waals surface area (Å²) >= 11 is 6.23. The number of hydrogen-bond donors (Lipinski definition) is 0. The Labute approximate surface area is 155 Å². The molecule has 1 aliphatic rings. The van der Waals surface area contributed by atoms with Gasteiger partial charge in [-0.05, 0) is 49.6 Å². The van der Waals surface area contributed by atoms with Crippen LogP contribution in [0.15, 0.2) is 18.2 Å². The Kier molecular flexibility index (Phi) is 5.40. The van der Waals surface area contributed by atoms with Gasteiger partial charge < -0.3 is 14.4 Å². The predicted octanol–water partition coefficient (Wildman–Crippen LogP) is 3.79. The first-order chi connectivity index (χ1) is 11.9. The summed E-state index contributed by atoms with van der Waals surface area (Å²) in [5.74, 6) is 0.773. The number of benzene rings is 1. The summed E-state index contributed by atoms with van der Waals surface area (Å²) in [4.78, 5) is 16.9. The second-order valence-electron chi connectivity index (χ2n) is 7.66. The Morgan fingerprint density at radius 2 is 2.12 bits per heavy atom. The minimum absolute atomic E-state index is 0.170. The van der Waals surface area contributed by atoms with Crippen LogP contribution in [0.5, 0.6) is 0 Å². The van der Waals surface area contributed by atoms with E-state index < -0.39 is 0 Å². The number of amides is 1. The SMILES string of the molecule is CC(C)CCN(C)C(=O)Cn1c2c(c3cc(Cl)ccc31)CCN(C)C2. The van der Waals surface area contributed by atoms with Crippen LogP contribution in [-0.2, 0) is 24.3 Å². The maximum absolute atomic E-state index is 12.8. The van der Waals surface area contributed by atoms with Crippen LogP contribution in [-0.4, -0.2) is 47.5 Å². The van der Waals surface area contributed by atoms with Crippen LogP contribution in [0.4, 0.5) is 0 Å². The van der Waals surface area contributed by atoms with Gasteiger partial charge in [-0.1, -0.05) is 25.4 Å². The van der Waals surface area contributed by atoms with Crippen molar-refractivity contribution in [2.75, 3.05) is 27.2 Å². The average Bonchev–Trinajstić information content (AvgIpc) is 2.85. The third-order valence-corrected chi connectivity index (χ3v) is 5.41. The number of halogens is 1. The zero-order valence-electron chi connectivity index (χ0n) is 15.7. The van der Waals surface area contributed by atoms with Gasteiger partial charge in [0.05, 0.1) is 0 Å². The molecule has 2 aromatic rings. The molecule has 4 nitrogen and oxygen atoms in total. The Morgan fingerprint density at radius 1 is 1.36 bits per heavy atom. The van der Waals surface area contributed by atoms with Gasteiger partial charge in [-0.15, -0.1) is 0 Å². The smallest absolute Gasteiger partial charge is 0.242 e. The van der Waals surface area contributed by atoms with Crippen molar-refractivity contribution >= 4 is 28.4 Å². The number of nitrogens with zero attached hydrogens (tertiary/aromatic N) is 3. The van der Waals surface area contributed by atoms with Gasteiger partial charge in [-0.25, -0.2) is 0 Å². The molecule has 1 aliphatic heterocycles. The van der Waals surface area contributed by atoms with Crippen molar-refractivity contribution < 1.29 is 4.79 Å². The van der Waals surface area contributed by atoms with Crippen LogP contribution < -0.4 is 0 Å². The molecule has 0 unspecified atom stereocenters. The average molecular weight is 362 g/mol. The first kappa shape index (κ1) is 18.3. The van der Waals surface area contributed by atoms with E-state index in [0.29, 0.717) is 12.5 Å². The van der Waals surface area contributed by atoms with Crippen LogP contribution in [0, 0.1) is 5.92 Å². The highest BCUT2D eigenvalue weighted by molar-refractivity contribution is 6.31. The number of carbonyl (C=O) groups is 1. The van der Waals surface area contributed by atoms with Crippen LogP contribution in [0.25, 0.3) is 10.9 Å². The second kappa shape index (κ2) is 7.38. The summed E-state index contributed by atoms with van der Waals surface area (Å²) in [7, 11) is 4.04. The standard InChI is InChI=1S/C20H28ClN3O/c1-14(2)7-10-23(4)20(25)13-24-18-6-5-15(21)11-17(18)16-8-9-22(3)12-19(16)24/h5-6,11,14H,7-10,12-13H2,1-4H3. The van der Waals surface area contributed by atoms with Gasteiger partial charge >= 0.3 is 0 Å². The normalized spacial score (nSPS) is 15.0. The van der Waals surface area contributed by atoms with Crippen molar-refractivity contribution in [1.29, 1.82) is 0 Å². The maximum Gasteiger partial charge on any atom is 0.242 e. The van der Waals surface area contributed by atoms with Crippen LogP contribution in [0.1, 0.15) is 31.5 Å². The van der Waals surface area contributed by atoms with Gasteiger partial charge in [-0.3, -0.25) is 4.79 Å². The fraction of sp³-hybridized carbons (Fsp3) is 0.550. The van der Waals surface area contributed by atoms with Gasteiger partial charge in [0.25, 0.3) is 0 Å². The van der Waals surface area contributed by atoms with E-state index in [1.165, 1.54) is 16.6 Å². The number of carbonyl (C=O) groups excluding carboxylic acids is 1. The van der Waals surface area contributed by atoms with E-state index in [0.717, 1.165) is 43.0 Å². The molecule has 1 amide bonds. The van der Waals surface area contributed by atoms with Crippen molar-refractivity contribution in [3.05, 3.63) is 34.5 Å². The summed E-state index contributed by atoms with van der Waals surface area (Å²) in [6.07, 6.45) is 2.04. The molecule has 0 atom stereocenters. The van der Waals surface area contributed by atoms with E-state index in [-0.39, 0.29) is 5.91 Å². The third-order valence-electron chi connectivity index (χ3n) is 5.17. The largest absolute Gasteiger partial charge is 0.344 e. The van der Waals surface area contributed by atoms with Crippen LogP contribution >= 0.6 is 11.6 Å². The molecule has 0 saturated heterocycles. The van der Waals surface area contributed by atoms with Gasteiger partial charge in [0.15, 0.2) is 0 Å². The lowest BCUT2D eigenvalue weighted by Gasteiger charge is -2.25. The zero-order chi connectivity index (χ0) is 18.1. The lowest BCUT2D eigenvalue weighted by molar-refractivity contribution is -0.130. The Morgan fingerprint density at radius 3 is 2.84 bits per heavy atom. The number of aromatic nitrogens is 1. The van der Waals surface area contributed by atoms with E-state index in [9.17, 15) is 4.79 Å². The molecule has 0 saturated carbocycles. The topological polar surface area (TPSA) is 28.5 Å². The molecule has 0 aliphatic carbocycles. The van der Waals surface area contributed by atoms with Gasteiger partial charge in [0, 0.05) is 48.3 Å². The van der Waals surface area contributed by atoms with Gasteiger partial charge in [-0.2, -0.15) is 0 Å². The van der Waals surface area contributed by atoms with E-state index in [2.05, 4.69) is 36.4 Å². The highest BCUT2D eigenvalue weighted by atomic mass is 35.5. The van der Waals surface area contributed by atoms with Crippen molar-refractivity contribution in [2.45, 2.75) is 39.8 Å². The molecule has 0 bridgehead atoms. The van der Waals surface area contributed by atoms with Crippen molar-refractivity contribution in [1.82, 2.24) is 14.4 Å². The minimum Gasteiger partial charge on any atom is -0.344 e. The van der Waals surface area contributed by atoms with Gasteiger partial charge in [0.2, 0.25) is 5.91 Å². The maximum atomic E-state index is 12.8. The summed E-state index contributed by atoms with van der Waals surface area (Å²) in [6, 6.07) is 6.02. The first-order valence-corrected chi connectivity index (χ1v) is 9.46. The predicted molar refractivity (Wildman–Crippen MR) is 104 cm³/mol. The Balaban J connectivity index is 1.93. The molecular formula is C20H28ClN3O. The van der Waals surface area contributed by atoms with E-state index in [1.54, 1.807) is 0 Å². The second-order valence-corrected chi connectivity index (χ2v) is 8.09. The first-order valence-electron chi connectivity index (χ1n) is 9.08.